The molecule has 0 aliphatic heterocycles. The SMILES string of the molecule is CCN(Cc1ccccc1)C(=O)CN(c1ccc(C)cc1)S(=O)(=O)c1ccccc1C. The minimum Gasteiger partial charge on any atom is -0.337 e. The average Bonchev–Trinajstić information content (AvgIpc) is 2.77. The maximum Gasteiger partial charge on any atom is 0.265 e. The summed E-state index contributed by atoms with van der Waals surface area (Å²) in [5.41, 5.74) is 3.13. The number of carbonyl (C=O) groups excluding carboxylic acids is 1. The molecule has 0 heterocycles. The van der Waals surface area contributed by atoms with E-state index < -0.39 is 10.0 Å². The molecule has 0 aromatic heterocycles. The van der Waals surface area contributed by atoms with Gasteiger partial charge in [-0.1, -0.05) is 66.2 Å². The van der Waals surface area contributed by atoms with Crippen LogP contribution in [0, 0.1) is 13.8 Å². The predicted molar refractivity (Wildman–Crippen MR) is 124 cm³/mol. The van der Waals surface area contributed by atoms with Gasteiger partial charge in [0.05, 0.1) is 10.6 Å². The van der Waals surface area contributed by atoms with E-state index in [4.69, 9.17) is 0 Å². The molecular formula is C25H28N2O3S. The third-order valence-electron chi connectivity index (χ3n) is 5.21. The monoisotopic (exact) mass is 436 g/mol. The van der Waals surface area contributed by atoms with Crippen molar-refractivity contribution in [2.45, 2.75) is 32.2 Å². The first-order chi connectivity index (χ1) is 14.8. The number of nitrogens with zero attached hydrogens (tertiary/aromatic N) is 2. The van der Waals surface area contributed by atoms with Gasteiger partial charge in [0.15, 0.2) is 0 Å². The number of anilines is 1. The van der Waals surface area contributed by atoms with Gasteiger partial charge in [-0.3, -0.25) is 9.10 Å². The Labute approximate surface area is 185 Å². The molecule has 6 heteroatoms. The zero-order valence-electron chi connectivity index (χ0n) is 18.2. The van der Waals surface area contributed by atoms with Gasteiger partial charge in [-0.05, 0) is 50.1 Å². The Bertz CT molecular complexity index is 1130. The lowest BCUT2D eigenvalue weighted by Gasteiger charge is -2.28. The molecular weight excluding hydrogens is 408 g/mol. The molecule has 0 fully saturated rings. The van der Waals surface area contributed by atoms with Crippen molar-refractivity contribution in [1.29, 1.82) is 0 Å². The van der Waals surface area contributed by atoms with E-state index in [0.717, 1.165) is 11.1 Å². The van der Waals surface area contributed by atoms with Crippen LogP contribution in [0.2, 0.25) is 0 Å². The molecule has 0 aliphatic rings. The molecule has 31 heavy (non-hydrogen) atoms. The van der Waals surface area contributed by atoms with Crippen LogP contribution in [-0.2, 0) is 21.4 Å². The highest BCUT2D eigenvalue weighted by Crippen LogP contribution is 2.26. The minimum atomic E-state index is -3.92. The Hall–Kier alpha value is -3.12. The lowest BCUT2D eigenvalue weighted by Crippen LogP contribution is -2.43. The van der Waals surface area contributed by atoms with E-state index in [1.165, 1.54) is 4.31 Å². The van der Waals surface area contributed by atoms with Crippen molar-refractivity contribution in [2.24, 2.45) is 0 Å². The van der Waals surface area contributed by atoms with E-state index in [-0.39, 0.29) is 17.3 Å². The molecule has 3 aromatic carbocycles. The third kappa shape index (κ3) is 5.33. The molecule has 0 saturated carbocycles. The van der Waals surface area contributed by atoms with E-state index in [2.05, 4.69) is 0 Å². The van der Waals surface area contributed by atoms with Crippen LogP contribution in [0.3, 0.4) is 0 Å². The normalized spacial score (nSPS) is 11.2. The van der Waals surface area contributed by atoms with Gasteiger partial charge in [-0.2, -0.15) is 0 Å². The van der Waals surface area contributed by atoms with Crippen LogP contribution in [-0.4, -0.2) is 32.3 Å². The summed E-state index contributed by atoms with van der Waals surface area (Å²) in [7, 11) is -3.92. The van der Waals surface area contributed by atoms with Crippen molar-refractivity contribution in [3.63, 3.8) is 0 Å². The van der Waals surface area contributed by atoms with Crippen molar-refractivity contribution in [1.82, 2.24) is 4.90 Å². The van der Waals surface area contributed by atoms with Crippen molar-refractivity contribution in [3.05, 3.63) is 95.6 Å². The summed E-state index contributed by atoms with van der Waals surface area (Å²) >= 11 is 0. The van der Waals surface area contributed by atoms with E-state index in [9.17, 15) is 13.2 Å². The Balaban J connectivity index is 1.96. The summed E-state index contributed by atoms with van der Waals surface area (Å²) in [4.78, 5) is 15.1. The van der Waals surface area contributed by atoms with Crippen LogP contribution >= 0.6 is 0 Å². The van der Waals surface area contributed by atoms with Crippen LogP contribution in [0.25, 0.3) is 0 Å². The third-order valence-corrected chi connectivity index (χ3v) is 7.15. The quantitative estimate of drug-likeness (QED) is 0.521. The van der Waals surface area contributed by atoms with Gasteiger partial charge in [0.1, 0.15) is 6.54 Å². The largest absolute Gasteiger partial charge is 0.337 e. The molecule has 3 rings (SSSR count). The average molecular weight is 437 g/mol. The molecule has 0 unspecified atom stereocenters. The van der Waals surface area contributed by atoms with E-state index in [1.54, 1.807) is 48.2 Å². The molecule has 0 radical (unpaired) electrons. The van der Waals surface area contributed by atoms with Gasteiger partial charge in [-0.25, -0.2) is 8.42 Å². The molecule has 0 bridgehead atoms. The van der Waals surface area contributed by atoms with Crippen LogP contribution in [0.4, 0.5) is 5.69 Å². The highest BCUT2D eigenvalue weighted by atomic mass is 32.2. The van der Waals surface area contributed by atoms with Gasteiger partial charge in [-0.15, -0.1) is 0 Å². The number of hydrogen-bond donors (Lipinski definition) is 0. The van der Waals surface area contributed by atoms with Crippen molar-refractivity contribution in [2.75, 3.05) is 17.4 Å². The molecule has 0 N–H and O–H groups in total. The smallest absolute Gasteiger partial charge is 0.265 e. The topological polar surface area (TPSA) is 57.7 Å². The molecule has 0 atom stereocenters. The van der Waals surface area contributed by atoms with E-state index in [0.29, 0.717) is 24.3 Å². The Morgan fingerprint density at radius 1 is 0.839 bits per heavy atom. The molecule has 5 nitrogen and oxygen atoms in total. The fourth-order valence-corrected chi connectivity index (χ4v) is 5.04. The van der Waals surface area contributed by atoms with E-state index in [1.807, 2.05) is 56.3 Å². The number of benzene rings is 3. The summed E-state index contributed by atoms with van der Waals surface area (Å²) in [6, 6.07) is 23.7. The molecule has 0 saturated heterocycles. The maximum atomic E-state index is 13.6. The number of rotatable bonds is 8. The molecule has 1 amide bonds. The Morgan fingerprint density at radius 2 is 1.45 bits per heavy atom. The number of carbonyl (C=O) groups is 1. The van der Waals surface area contributed by atoms with E-state index >= 15 is 0 Å². The molecule has 3 aromatic rings. The van der Waals surface area contributed by atoms with Gasteiger partial charge < -0.3 is 4.90 Å². The van der Waals surface area contributed by atoms with Crippen LogP contribution < -0.4 is 4.31 Å². The highest BCUT2D eigenvalue weighted by molar-refractivity contribution is 7.93. The van der Waals surface area contributed by atoms with Crippen LogP contribution in [0.5, 0.6) is 0 Å². The Morgan fingerprint density at radius 3 is 2.06 bits per heavy atom. The van der Waals surface area contributed by atoms with Gasteiger partial charge in [0.25, 0.3) is 10.0 Å². The van der Waals surface area contributed by atoms with Crippen molar-refractivity contribution in [3.8, 4) is 0 Å². The van der Waals surface area contributed by atoms with Crippen LogP contribution in [0.15, 0.2) is 83.8 Å². The second-order valence-corrected chi connectivity index (χ2v) is 9.34. The van der Waals surface area contributed by atoms with Crippen molar-refractivity contribution >= 4 is 21.6 Å². The summed E-state index contributed by atoms with van der Waals surface area (Å²) in [6.45, 7) is 6.25. The van der Waals surface area contributed by atoms with Crippen molar-refractivity contribution < 1.29 is 13.2 Å². The highest BCUT2D eigenvalue weighted by Gasteiger charge is 2.29. The standard InChI is InChI=1S/C25H28N2O3S/c1-4-26(18-22-11-6-5-7-12-22)25(28)19-27(23-16-14-20(2)15-17-23)31(29,30)24-13-9-8-10-21(24)3/h5-17H,4,18-19H2,1-3H3. The lowest BCUT2D eigenvalue weighted by atomic mass is 10.2. The zero-order chi connectivity index (χ0) is 22.4. The first kappa shape index (κ1) is 22.6. The number of likely N-dealkylation sites (N-methyl/N-ethyl adjacent to an activating group) is 1. The summed E-state index contributed by atoms with van der Waals surface area (Å²) in [5.74, 6) is -0.246. The van der Waals surface area contributed by atoms with Crippen LogP contribution in [0.1, 0.15) is 23.6 Å². The lowest BCUT2D eigenvalue weighted by molar-refractivity contribution is -0.129. The number of aryl methyl sites for hydroxylation is 2. The van der Waals surface area contributed by atoms with Gasteiger partial charge in [0.2, 0.25) is 5.91 Å². The predicted octanol–water partition coefficient (Wildman–Crippen LogP) is 4.55. The van der Waals surface area contributed by atoms with Gasteiger partial charge >= 0.3 is 0 Å². The fraction of sp³-hybridized carbons (Fsp3) is 0.240. The first-order valence-corrected chi connectivity index (χ1v) is 11.7. The summed E-state index contributed by atoms with van der Waals surface area (Å²) in [5, 5.41) is 0. The summed E-state index contributed by atoms with van der Waals surface area (Å²) < 4.78 is 28.4. The Kier molecular flexibility index (Phi) is 7.13. The molecule has 0 spiro atoms. The zero-order valence-corrected chi connectivity index (χ0v) is 19.0. The number of hydrogen-bond acceptors (Lipinski definition) is 3. The number of sulfonamides is 1. The van der Waals surface area contributed by atoms with Gasteiger partial charge in [0, 0.05) is 13.1 Å². The first-order valence-electron chi connectivity index (χ1n) is 10.3. The second-order valence-electron chi connectivity index (χ2n) is 7.51. The minimum absolute atomic E-state index is 0.203. The molecule has 0 aliphatic carbocycles. The second kappa shape index (κ2) is 9.79. The maximum absolute atomic E-state index is 13.6. The number of amides is 1. The molecule has 162 valence electrons. The fourth-order valence-electron chi connectivity index (χ4n) is 3.39. The summed E-state index contributed by atoms with van der Waals surface area (Å²) in [6.07, 6.45) is 0.